The Morgan fingerprint density at radius 1 is 1.32 bits per heavy atom. The molecule has 0 amide bonds. The van der Waals surface area contributed by atoms with Gasteiger partial charge in [0.15, 0.2) is 0 Å². The Bertz CT molecular complexity index is 517. The van der Waals surface area contributed by atoms with Crippen LogP contribution in [-0.2, 0) is 13.1 Å². The highest BCUT2D eigenvalue weighted by Gasteiger charge is 2.13. The lowest BCUT2D eigenvalue weighted by atomic mass is 10.2. The minimum Gasteiger partial charge on any atom is -0.444 e. The third-order valence-corrected chi connectivity index (χ3v) is 2.81. The second kappa shape index (κ2) is 5.97. The van der Waals surface area contributed by atoms with Crippen LogP contribution >= 0.6 is 0 Å². The van der Waals surface area contributed by atoms with E-state index >= 15 is 0 Å². The van der Waals surface area contributed by atoms with E-state index in [4.69, 9.17) is 4.42 Å². The van der Waals surface area contributed by atoms with Gasteiger partial charge in [-0.05, 0) is 19.8 Å². The molecule has 0 saturated carbocycles. The van der Waals surface area contributed by atoms with Crippen molar-refractivity contribution in [2.24, 2.45) is 5.92 Å². The lowest BCUT2D eigenvalue weighted by Crippen LogP contribution is -2.22. The SMILES string of the molecule is Cc1cnc(C(C)NCc2ncnn2CC(C)C)o1. The van der Waals surface area contributed by atoms with Crippen molar-refractivity contribution in [3.8, 4) is 0 Å². The van der Waals surface area contributed by atoms with E-state index in [1.165, 1.54) is 0 Å². The Kier molecular flexibility index (Phi) is 4.31. The average Bonchev–Trinajstić information content (AvgIpc) is 2.95. The summed E-state index contributed by atoms with van der Waals surface area (Å²) in [6.45, 7) is 9.77. The molecule has 0 aromatic carbocycles. The smallest absolute Gasteiger partial charge is 0.211 e. The number of rotatable bonds is 6. The van der Waals surface area contributed by atoms with Gasteiger partial charge in [-0.3, -0.25) is 5.32 Å². The maximum absolute atomic E-state index is 5.49. The molecule has 0 aliphatic rings. The molecule has 0 fully saturated rings. The van der Waals surface area contributed by atoms with Crippen molar-refractivity contribution in [2.45, 2.75) is 46.8 Å². The van der Waals surface area contributed by atoms with Crippen LogP contribution in [-0.4, -0.2) is 19.7 Å². The Morgan fingerprint density at radius 3 is 2.74 bits per heavy atom. The van der Waals surface area contributed by atoms with Crippen molar-refractivity contribution in [3.05, 3.63) is 30.0 Å². The molecule has 19 heavy (non-hydrogen) atoms. The Hall–Kier alpha value is -1.69. The number of hydrogen-bond acceptors (Lipinski definition) is 5. The summed E-state index contributed by atoms with van der Waals surface area (Å²) in [4.78, 5) is 8.49. The van der Waals surface area contributed by atoms with Gasteiger partial charge in [0.1, 0.15) is 17.9 Å². The number of oxazole rings is 1. The van der Waals surface area contributed by atoms with Crippen LogP contribution in [0.5, 0.6) is 0 Å². The normalized spacial score (nSPS) is 13.1. The number of hydrogen-bond donors (Lipinski definition) is 1. The van der Waals surface area contributed by atoms with E-state index in [2.05, 4.69) is 34.2 Å². The summed E-state index contributed by atoms with van der Waals surface area (Å²) < 4.78 is 7.43. The maximum atomic E-state index is 5.49. The van der Waals surface area contributed by atoms with E-state index in [1.807, 2.05) is 18.5 Å². The molecule has 1 atom stereocenters. The van der Waals surface area contributed by atoms with Gasteiger partial charge in [0.25, 0.3) is 0 Å². The fourth-order valence-electron chi connectivity index (χ4n) is 1.83. The van der Waals surface area contributed by atoms with E-state index in [0.717, 1.165) is 18.1 Å². The Balaban J connectivity index is 1.93. The lowest BCUT2D eigenvalue weighted by Gasteiger charge is -2.12. The van der Waals surface area contributed by atoms with E-state index < -0.39 is 0 Å². The fraction of sp³-hybridized carbons (Fsp3) is 0.615. The van der Waals surface area contributed by atoms with Crippen LogP contribution in [0.2, 0.25) is 0 Å². The zero-order valence-corrected chi connectivity index (χ0v) is 11.9. The summed E-state index contributed by atoms with van der Waals surface area (Å²) in [5, 5.41) is 7.59. The molecule has 0 aliphatic carbocycles. The molecule has 0 bridgehead atoms. The molecular weight excluding hydrogens is 242 g/mol. The molecule has 1 unspecified atom stereocenters. The monoisotopic (exact) mass is 263 g/mol. The van der Waals surface area contributed by atoms with Crippen molar-refractivity contribution < 1.29 is 4.42 Å². The first kappa shape index (κ1) is 13.7. The van der Waals surface area contributed by atoms with Crippen LogP contribution in [0.15, 0.2) is 16.9 Å². The van der Waals surface area contributed by atoms with Gasteiger partial charge in [0.2, 0.25) is 5.89 Å². The van der Waals surface area contributed by atoms with Gasteiger partial charge in [0, 0.05) is 6.54 Å². The lowest BCUT2D eigenvalue weighted by molar-refractivity contribution is 0.391. The van der Waals surface area contributed by atoms with Gasteiger partial charge >= 0.3 is 0 Å². The summed E-state index contributed by atoms with van der Waals surface area (Å²) in [5.41, 5.74) is 0. The van der Waals surface area contributed by atoms with E-state index in [-0.39, 0.29) is 6.04 Å². The largest absolute Gasteiger partial charge is 0.444 e. The van der Waals surface area contributed by atoms with Crippen LogP contribution in [0.4, 0.5) is 0 Å². The van der Waals surface area contributed by atoms with Crippen LogP contribution in [0, 0.1) is 12.8 Å². The molecule has 6 nitrogen and oxygen atoms in total. The second-order valence-electron chi connectivity index (χ2n) is 5.16. The van der Waals surface area contributed by atoms with Crippen molar-refractivity contribution >= 4 is 0 Å². The number of nitrogens with zero attached hydrogens (tertiary/aromatic N) is 4. The first-order valence-corrected chi connectivity index (χ1v) is 6.58. The first-order chi connectivity index (χ1) is 9.06. The summed E-state index contributed by atoms with van der Waals surface area (Å²) in [6, 6.07) is 0.0536. The van der Waals surface area contributed by atoms with Gasteiger partial charge < -0.3 is 4.42 Å². The zero-order chi connectivity index (χ0) is 13.8. The van der Waals surface area contributed by atoms with Crippen molar-refractivity contribution in [1.29, 1.82) is 0 Å². The molecule has 0 saturated heterocycles. The molecule has 0 aliphatic heterocycles. The van der Waals surface area contributed by atoms with Crippen molar-refractivity contribution in [2.75, 3.05) is 0 Å². The van der Waals surface area contributed by atoms with Gasteiger partial charge in [-0.15, -0.1) is 0 Å². The molecule has 0 spiro atoms. The standard InChI is InChI=1S/C13H21N5O/c1-9(2)7-18-12(16-8-17-18)6-14-11(4)13-15-5-10(3)19-13/h5,8-9,11,14H,6-7H2,1-4H3. The number of aromatic nitrogens is 4. The first-order valence-electron chi connectivity index (χ1n) is 6.58. The molecule has 6 heteroatoms. The molecule has 2 aromatic rings. The molecule has 2 rings (SSSR count). The zero-order valence-electron chi connectivity index (χ0n) is 11.9. The van der Waals surface area contributed by atoms with Crippen LogP contribution in [0.1, 0.15) is 44.3 Å². The molecule has 2 heterocycles. The minimum absolute atomic E-state index is 0.0536. The van der Waals surface area contributed by atoms with E-state index in [1.54, 1.807) is 12.5 Å². The molecule has 0 radical (unpaired) electrons. The van der Waals surface area contributed by atoms with Crippen LogP contribution in [0.3, 0.4) is 0 Å². The highest BCUT2D eigenvalue weighted by atomic mass is 16.4. The molecular formula is C13H21N5O. The fourth-order valence-corrected chi connectivity index (χ4v) is 1.83. The van der Waals surface area contributed by atoms with Crippen LogP contribution in [0.25, 0.3) is 0 Å². The minimum atomic E-state index is 0.0536. The van der Waals surface area contributed by atoms with Crippen molar-refractivity contribution in [1.82, 2.24) is 25.1 Å². The number of nitrogens with one attached hydrogen (secondary N) is 1. The number of aryl methyl sites for hydroxylation is 1. The van der Waals surface area contributed by atoms with Gasteiger partial charge in [-0.1, -0.05) is 13.8 Å². The highest BCUT2D eigenvalue weighted by molar-refractivity contribution is 4.96. The summed E-state index contributed by atoms with van der Waals surface area (Å²) in [5.74, 6) is 3.01. The highest BCUT2D eigenvalue weighted by Crippen LogP contribution is 2.12. The molecule has 2 aromatic heterocycles. The molecule has 104 valence electrons. The maximum Gasteiger partial charge on any atom is 0.211 e. The Morgan fingerprint density at radius 2 is 2.11 bits per heavy atom. The van der Waals surface area contributed by atoms with Crippen LogP contribution < -0.4 is 5.32 Å². The average molecular weight is 263 g/mol. The third-order valence-electron chi connectivity index (χ3n) is 2.81. The quantitative estimate of drug-likeness (QED) is 0.864. The van der Waals surface area contributed by atoms with Crippen molar-refractivity contribution in [3.63, 3.8) is 0 Å². The van der Waals surface area contributed by atoms with E-state index in [9.17, 15) is 0 Å². The Labute approximate surface area is 113 Å². The topological polar surface area (TPSA) is 68.8 Å². The summed E-state index contributed by atoms with van der Waals surface area (Å²) in [7, 11) is 0. The van der Waals surface area contributed by atoms with E-state index in [0.29, 0.717) is 18.4 Å². The predicted molar refractivity (Wildman–Crippen MR) is 71.4 cm³/mol. The van der Waals surface area contributed by atoms with Gasteiger partial charge in [0.05, 0.1) is 18.8 Å². The molecule has 1 N–H and O–H groups in total. The predicted octanol–water partition coefficient (Wildman–Crippen LogP) is 2.08. The van der Waals surface area contributed by atoms with Gasteiger partial charge in [-0.25, -0.2) is 14.6 Å². The third kappa shape index (κ3) is 3.64. The second-order valence-corrected chi connectivity index (χ2v) is 5.16. The van der Waals surface area contributed by atoms with Gasteiger partial charge in [-0.2, -0.15) is 5.10 Å². The summed E-state index contributed by atoms with van der Waals surface area (Å²) >= 11 is 0. The summed E-state index contributed by atoms with van der Waals surface area (Å²) in [6.07, 6.45) is 3.33.